The van der Waals surface area contributed by atoms with Gasteiger partial charge in [-0.05, 0) is 42.0 Å². The van der Waals surface area contributed by atoms with E-state index in [4.69, 9.17) is 0 Å². The maximum Gasteiger partial charge on any atom is 0.234 e. The Morgan fingerprint density at radius 3 is 2.09 bits per heavy atom. The standard InChI is InChI=1S/C29H31FN2O2/c1-31(27(33)21-24-15-8-9-17-26(24)30)25-16-10-19-32(20-18-25)29(34)28(22-11-4-2-5-12-22)23-13-6-3-7-14-23/h2-9,11-15,17,25,28H,10,16,18-21H2,1H3. The molecular weight excluding hydrogens is 427 g/mol. The van der Waals surface area contributed by atoms with E-state index >= 15 is 0 Å². The Balaban J connectivity index is 1.45. The van der Waals surface area contributed by atoms with E-state index in [1.54, 1.807) is 30.1 Å². The summed E-state index contributed by atoms with van der Waals surface area (Å²) in [6, 6.07) is 26.2. The Hall–Kier alpha value is -3.47. The maximum absolute atomic E-state index is 14.0. The number of carbonyl (C=O) groups is 2. The zero-order valence-electron chi connectivity index (χ0n) is 19.6. The minimum atomic E-state index is -0.352. The molecule has 1 fully saturated rings. The zero-order valence-corrected chi connectivity index (χ0v) is 19.6. The Bertz CT molecular complexity index is 1060. The van der Waals surface area contributed by atoms with Crippen molar-refractivity contribution in [3.05, 3.63) is 107 Å². The fourth-order valence-electron chi connectivity index (χ4n) is 4.77. The number of benzene rings is 3. The normalized spacial score (nSPS) is 16.2. The SMILES string of the molecule is CN(C(=O)Cc1ccccc1F)C1CCCN(C(=O)C(c2ccccc2)c2ccccc2)CC1. The van der Waals surface area contributed by atoms with Crippen LogP contribution >= 0.6 is 0 Å². The summed E-state index contributed by atoms with van der Waals surface area (Å²) < 4.78 is 14.0. The predicted octanol–water partition coefficient (Wildman–Crippen LogP) is 5.04. The molecule has 0 bridgehead atoms. The van der Waals surface area contributed by atoms with Gasteiger partial charge in [0.25, 0.3) is 0 Å². The van der Waals surface area contributed by atoms with Crippen LogP contribution < -0.4 is 0 Å². The lowest BCUT2D eigenvalue weighted by atomic mass is 9.90. The van der Waals surface area contributed by atoms with Gasteiger partial charge in [-0.1, -0.05) is 78.9 Å². The van der Waals surface area contributed by atoms with E-state index in [1.165, 1.54) is 6.07 Å². The summed E-state index contributed by atoms with van der Waals surface area (Å²) >= 11 is 0. The van der Waals surface area contributed by atoms with E-state index in [1.807, 2.05) is 65.6 Å². The first-order valence-electron chi connectivity index (χ1n) is 11.9. The van der Waals surface area contributed by atoms with Crippen molar-refractivity contribution in [2.75, 3.05) is 20.1 Å². The molecule has 176 valence electrons. The van der Waals surface area contributed by atoms with Crippen LogP contribution in [0.4, 0.5) is 4.39 Å². The second-order valence-corrected chi connectivity index (χ2v) is 8.94. The van der Waals surface area contributed by atoms with Crippen molar-refractivity contribution in [1.82, 2.24) is 9.80 Å². The van der Waals surface area contributed by atoms with Gasteiger partial charge in [-0.3, -0.25) is 9.59 Å². The van der Waals surface area contributed by atoms with Crippen LogP contribution in [0.3, 0.4) is 0 Å². The van der Waals surface area contributed by atoms with Crippen LogP contribution in [0.15, 0.2) is 84.9 Å². The molecule has 1 heterocycles. The second-order valence-electron chi connectivity index (χ2n) is 8.94. The molecule has 1 unspecified atom stereocenters. The number of nitrogens with zero attached hydrogens (tertiary/aromatic N) is 2. The van der Waals surface area contributed by atoms with E-state index < -0.39 is 0 Å². The number of hydrogen-bond donors (Lipinski definition) is 0. The van der Waals surface area contributed by atoms with Gasteiger partial charge in [0, 0.05) is 26.2 Å². The van der Waals surface area contributed by atoms with E-state index in [0.717, 1.165) is 24.0 Å². The van der Waals surface area contributed by atoms with Crippen molar-refractivity contribution >= 4 is 11.8 Å². The summed E-state index contributed by atoms with van der Waals surface area (Å²) in [6.07, 6.45) is 2.41. The highest BCUT2D eigenvalue weighted by Crippen LogP contribution is 2.28. The lowest BCUT2D eigenvalue weighted by Crippen LogP contribution is -2.40. The molecule has 0 spiro atoms. The third kappa shape index (κ3) is 5.53. The Kier molecular flexibility index (Phi) is 7.73. The molecule has 2 amide bonds. The molecule has 1 aliphatic heterocycles. The fraction of sp³-hybridized carbons (Fsp3) is 0.310. The molecule has 0 N–H and O–H groups in total. The summed E-state index contributed by atoms with van der Waals surface area (Å²) in [7, 11) is 1.79. The highest BCUT2D eigenvalue weighted by molar-refractivity contribution is 5.87. The van der Waals surface area contributed by atoms with Crippen molar-refractivity contribution in [2.24, 2.45) is 0 Å². The van der Waals surface area contributed by atoms with Crippen LogP contribution in [0, 0.1) is 5.82 Å². The van der Waals surface area contributed by atoms with Crippen LogP contribution in [0.5, 0.6) is 0 Å². The first-order valence-corrected chi connectivity index (χ1v) is 11.9. The molecule has 1 aliphatic rings. The number of likely N-dealkylation sites (N-methyl/N-ethyl adjacent to an activating group) is 1. The summed E-state index contributed by atoms with van der Waals surface area (Å²) in [5, 5.41) is 0. The molecule has 4 nitrogen and oxygen atoms in total. The number of carbonyl (C=O) groups excluding carboxylic acids is 2. The first-order chi connectivity index (χ1) is 16.5. The monoisotopic (exact) mass is 458 g/mol. The van der Waals surface area contributed by atoms with Crippen LogP contribution in [0.1, 0.15) is 41.9 Å². The Labute approximate surface area is 201 Å². The third-order valence-electron chi connectivity index (χ3n) is 6.76. The quantitative estimate of drug-likeness (QED) is 0.519. The van der Waals surface area contributed by atoms with Gasteiger partial charge >= 0.3 is 0 Å². The lowest BCUT2D eigenvalue weighted by molar-refractivity contribution is -0.131. The third-order valence-corrected chi connectivity index (χ3v) is 6.76. The van der Waals surface area contributed by atoms with Crippen molar-refractivity contribution in [2.45, 2.75) is 37.6 Å². The molecule has 1 atom stereocenters. The van der Waals surface area contributed by atoms with Gasteiger partial charge in [-0.15, -0.1) is 0 Å². The van der Waals surface area contributed by atoms with Gasteiger partial charge < -0.3 is 9.80 Å². The number of amides is 2. The van der Waals surface area contributed by atoms with Gasteiger partial charge in [0.2, 0.25) is 11.8 Å². The highest BCUT2D eigenvalue weighted by atomic mass is 19.1. The molecule has 3 aromatic rings. The largest absolute Gasteiger partial charge is 0.342 e. The molecular formula is C29H31FN2O2. The van der Waals surface area contributed by atoms with E-state index in [-0.39, 0.29) is 36.0 Å². The molecule has 0 aliphatic carbocycles. The van der Waals surface area contributed by atoms with Gasteiger partial charge in [-0.25, -0.2) is 4.39 Å². The molecule has 3 aromatic carbocycles. The minimum Gasteiger partial charge on any atom is -0.342 e. The van der Waals surface area contributed by atoms with Crippen LogP contribution in [-0.4, -0.2) is 47.8 Å². The van der Waals surface area contributed by atoms with Crippen LogP contribution in [0.25, 0.3) is 0 Å². The molecule has 1 saturated heterocycles. The summed E-state index contributed by atoms with van der Waals surface area (Å²) in [5.74, 6) is -0.700. The smallest absolute Gasteiger partial charge is 0.234 e. The van der Waals surface area contributed by atoms with Crippen molar-refractivity contribution in [3.8, 4) is 0 Å². The number of rotatable bonds is 6. The van der Waals surface area contributed by atoms with Crippen LogP contribution in [0.2, 0.25) is 0 Å². The zero-order chi connectivity index (χ0) is 23.9. The van der Waals surface area contributed by atoms with Crippen molar-refractivity contribution < 1.29 is 14.0 Å². The molecule has 4 rings (SSSR count). The maximum atomic E-state index is 14.0. The average Bonchev–Trinajstić information content (AvgIpc) is 3.13. The molecule has 0 radical (unpaired) electrons. The van der Waals surface area contributed by atoms with E-state index in [0.29, 0.717) is 25.1 Å². The predicted molar refractivity (Wildman–Crippen MR) is 132 cm³/mol. The fourth-order valence-corrected chi connectivity index (χ4v) is 4.77. The average molecular weight is 459 g/mol. The Morgan fingerprint density at radius 2 is 1.47 bits per heavy atom. The van der Waals surface area contributed by atoms with Gasteiger partial charge in [0.15, 0.2) is 0 Å². The van der Waals surface area contributed by atoms with Crippen molar-refractivity contribution in [1.29, 1.82) is 0 Å². The van der Waals surface area contributed by atoms with E-state index in [9.17, 15) is 14.0 Å². The van der Waals surface area contributed by atoms with E-state index in [2.05, 4.69) is 0 Å². The number of halogens is 1. The topological polar surface area (TPSA) is 40.6 Å². The number of hydrogen-bond acceptors (Lipinski definition) is 2. The first kappa shape index (κ1) is 23.7. The molecule has 5 heteroatoms. The summed E-state index contributed by atoms with van der Waals surface area (Å²) in [6.45, 7) is 1.26. The van der Waals surface area contributed by atoms with Gasteiger partial charge in [-0.2, -0.15) is 0 Å². The van der Waals surface area contributed by atoms with Gasteiger partial charge in [0.1, 0.15) is 5.82 Å². The second kappa shape index (κ2) is 11.1. The number of likely N-dealkylation sites (tertiary alicyclic amines) is 1. The van der Waals surface area contributed by atoms with Gasteiger partial charge in [0.05, 0.1) is 12.3 Å². The summed E-state index contributed by atoms with van der Waals surface area (Å²) in [4.78, 5) is 30.3. The van der Waals surface area contributed by atoms with Crippen molar-refractivity contribution in [3.63, 3.8) is 0 Å². The lowest BCUT2D eigenvalue weighted by Gasteiger charge is -2.29. The molecule has 34 heavy (non-hydrogen) atoms. The Morgan fingerprint density at radius 1 is 0.882 bits per heavy atom. The molecule has 0 aromatic heterocycles. The summed E-state index contributed by atoms with van der Waals surface area (Å²) in [5.41, 5.74) is 2.38. The highest BCUT2D eigenvalue weighted by Gasteiger charge is 2.31. The molecule has 0 saturated carbocycles. The minimum absolute atomic E-state index is 0.0315. The van der Waals surface area contributed by atoms with Crippen LogP contribution in [-0.2, 0) is 16.0 Å².